The molecule has 0 aliphatic carbocycles. The highest BCUT2D eigenvalue weighted by molar-refractivity contribution is 5.69. The highest BCUT2D eigenvalue weighted by atomic mass is 16.5. The van der Waals surface area contributed by atoms with Gasteiger partial charge >= 0.3 is 5.97 Å². The quantitative estimate of drug-likeness (QED) is 0.0862. The third-order valence-corrected chi connectivity index (χ3v) is 7.31. The van der Waals surface area contributed by atoms with Gasteiger partial charge in [-0.15, -0.1) is 0 Å². The summed E-state index contributed by atoms with van der Waals surface area (Å²) in [6.07, 6.45) is 31.7. The predicted molar refractivity (Wildman–Crippen MR) is 151 cm³/mol. The Labute approximate surface area is 215 Å². The van der Waals surface area contributed by atoms with Gasteiger partial charge in [-0.05, 0) is 31.1 Å². The fraction of sp³-hybridized carbons (Fsp3) is 0.969. The molecule has 2 nitrogen and oxygen atoms in total. The van der Waals surface area contributed by atoms with Crippen LogP contribution in [0.2, 0.25) is 0 Å². The van der Waals surface area contributed by atoms with Crippen molar-refractivity contribution in [1.29, 1.82) is 0 Å². The van der Waals surface area contributed by atoms with Crippen molar-refractivity contribution in [2.75, 3.05) is 6.61 Å². The number of ether oxygens (including phenoxy) is 1. The maximum Gasteiger partial charge on any atom is 0.305 e. The molecule has 0 radical (unpaired) electrons. The number of carbonyl (C=O) groups is 1. The third kappa shape index (κ3) is 26.1. The second-order valence-corrected chi connectivity index (χ2v) is 11.4. The van der Waals surface area contributed by atoms with Gasteiger partial charge in [0, 0.05) is 6.42 Å². The maximum absolute atomic E-state index is 12.0. The molecule has 1 atom stereocenters. The van der Waals surface area contributed by atoms with Crippen molar-refractivity contribution in [3.05, 3.63) is 0 Å². The van der Waals surface area contributed by atoms with Crippen LogP contribution in [0.3, 0.4) is 0 Å². The maximum atomic E-state index is 12.0. The Hall–Kier alpha value is -0.530. The van der Waals surface area contributed by atoms with Crippen LogP contribution in [0.15, 0.2) is 0 Å². The lowest BCUT2D eigenvalue weighted by Gasteiger charge is -2.17. The summed E-state index contributed by atoms with van der Waals surface area (Å²) in [7, 11) is 0. The van der Waals surface area contributed by atoms with Crippen LogP contribution >= 0.6 is 0 Å². The molecule has 0 aliphatic heterocycles. The number of unbranched alkanes of at least 4 members (excludes halogenated alkanes) is 18. The van der Waals surface area contributed by atoms with E-state index in [1.54, 1.807) is 0 Å². The Morgan fingerprint density at radius 1 is 0.529 bits per heavy atom. The normalized spacial score (nSPS) is 12.4. The van der Waals surface area contributed by atoms with Gasteiger partial charge in [0.05, 0.1) is 6.61 Å². The van der Waals surface area contributed by atoms with Crippen LogP contribution in [0.1, 0.15) is 182 Å². The standard InChI is InChI=1S/C32H64O2/c1-5-7-8-9-10-11-12-13-14-15-16-17-18-19-20-21-22-23-24-26-32(33)34-29-31(25-6-2)28-27-30(3)4/h30-31H,5-29H2,1-4H3. The zero-order valence-electron chi connectivity index (χ0n) is 24.1. The summed E-state index contributed by atoms with van der Waals surface area (Å²) < 4.78 is 5.59. The van der Waals surface area contributed by atoms with E-state index >= 15 is 0 Å². The lowest BCUT2D eigenvalue weighted by molar-refractivity contribution is -0.145. The van der Waals surface area contributed by atoms with Gasteiger partial charge in [0.15, 0.2) is 0 Å². The van der Waals surface area contributed by atoms with Gasteiger partial charge < -0.3 is 4.74 Å². The summed E-state index contributed by atoms with van der Waals surface area (Å²) in [5, 5.41) is 0. The first kappa shape index (κ1) is 33.5. The van der Waals surface area contributed by atoms with E-state index in [1.807, 2.05) is 0 Å². The van der Waals surface area contributed by atoms with Crippen LogP contribution in [-0.4, -0.2) is 12.6 Å². The van der Waals surface area contributed by atoms with Gasteiger partial charge in [-0.25, -0.2) is 0 Å². The average Bonchev–Trinajstić information content (AvgIpc) is 2.82. The van der Waals surface area contributed by atoms with Crippen molar-refractivity contribution in [2.24, 2.45) is 11.8 Å². The minimum atomic E-state index is 0.0256. The molecular weight excluding hydrogens is 416 g/mol. The molecule has 2 heteroatoms. The van der Waals surface area contributed by atoms with E-state index in [0.29, 0.717) is 18.9 Å². The number of rotatable bonds is 27. The van der Waals surface area contributed by atoms with E-state index < -0.39 is 0 Å². The van der Waals surface area contributed by atoms with Crippen LogP contribution in [0.25, 0.3) is 0 Å². The van der Waals surface area contributed by atoms with E-state index in [1.165, 1.54) is 141 Å². The fourth-order valence-corrected chi connectivity index (χ4v) is 4.92. The predicted octanol–water partition coefficient (Wildman–Crippen LogP) is 11.2. The van der Waals surface area contributed by atoms with E-state index in [4.69, 9.17) is 4.74 Å². The largest absolute Gasteiger partial charge is 0.465 e. The summed E-state index contributed by atoms with van der Waals surface area (Å²) in [5.41, 5.74) is 0. The van der Waals surface area contributed by atoms with Gasteiger partial charge in [0.1, 0.15) is 0 Å². The summed E-state index contributed by atoms with van der Waals surface area (Å²) in [6.45, 7) is 9.70. The van der Waals surface area contributed by atoms with Crippen LogP contribution < -0.4 is 0 Å². The van der Waals surface area contributed by atoms with E-state index in [0.717, 1.165) is 12.3 Å². The Bertz CT molecular complexity index is 404. The minimum absolute atomic E-state index is 0.0256. The molecule has 1 unspecified atom stereocenters. The van der Waals surface area contributed by atoms with E-state index in [9.17, 15) is 4.79 Å². The van der Waals surface area contributed by atoms with Gasteiger partial charge in [0.25, 0.3) is 0 Å². The topological polar surface area (TPSA) is 26.3 Å². The first-order valence-corrected chi connectivity index (χ1v) is 15.8. The van der Waals surface area contributed by atoms with Crippen molar-refractivity contribution >= 4 is 5.97 Å². The Kier molecular flexibility index (Phi) is 26.6. The molecule has 0 heterocycles. The monoisotopic (exact) mass is 480 g/mol. The number of carbonyl (C=O) groups excluding carboxylic acids is 1. The molecular formula is C32H64O2. The molecule has 0 aromatic carbocycles. The summed E-state index contributed by atoms with van der Waals surface area (Å²) in [5.74, 6) is 1.32. The molecule has 0 aliphatic rings. The molecule has 0 aromatic heterocycles. The van der Waals surface area contributed by atoms with E-state index in [-0.39, 0.29) is 5.97 Å². The Morgan fingerprint density at radius 2 is 0.941 bits per heavy atom. The highest BCUT2D eigenvalue weighted by Gasteiger charge is 2.12. The molecule has 0 amide bonds. The third-order valence-electron chi connectivity index (χ3n) is 7.31. The Balaban J connectivity index is 3.33. The van der Waals surface area contributed by atoms with Gasteiger partial charge in [-0.2, -0.15) is 0 Å². The van der Waals surface area contributed by atoms with Crippen LogP contribution in [0.4, 0.5) is 0 Å². The molecule has 0 fully saturated rings. The molecule has 0 N–H and O–H groups in total. The minimum Gasteiger partial charge on any atom is -0.465 e. The summed E-state index contributed by atoms with van der Waals surface area (Å²) in [4.78, 5) is 12.0. The van der Waals surface area contributed by atoms with Crippen LogP contribution in [-0.2, 0) is 9.53 Å². The van der Waals surface area contributed by atoms with Crippen molar-refractivity contribution < 1.29 is 9.53 Å². The molecule has 0 saturated heterocycles. The van der Waals surface area contributed by atoms with Crippen molar-refractivity contribution in [2.45, 2.75) is 182 Å². The Morgan fingerprint density at radius 3 is 1.32 bits per heavy atom. The summed E-state index contributed by atoms with van der Waals surface area (Å²) in [6, 6.07) is 0. The van der Waals surface area contributed by atoms with Crippen LogP contribution in [0, 0.1) is 11.8 Å². The average molecular weight is 481 g/mol. The molecule has 0 spiro atoms. The molecule has 0 aromatic rings. The number of hydrogen-bond acceptors (Lipinski definition) is 2. The second kappa shape index (κ2) is 27.1. The first-order valence-electron chi connectivity index (χ1n) is 15.8. The van der Waals surface area contributed by atoms with Crippen molar-refractivity contribution in [3.8, 4) is 0 Å². The second-order valence-electron chi connectivity index (χ2n) is 11.4. The molecule has 0 bridgehead atoms. The molecule has 204 valence electrons. The highest BCUT2D eigenvalue weighted by Crippen LogP contribution is 2.18. The fourth-order valence-electron chi connectivity index (χ4n) is 4.92. The van der Waals surface area contributed by atoms with Crippen LogP contribution in [0.5, 0.6) is 0 Å². The van der Waals surface area contributed by atoms with E-state index in [2.05, 4.69) is 27.7 Å². The van der Waals surface area contributed by atoms with Crippen molar-refractivity contribution in [1.82, 2.24) is 0 Å². The SMILES string of the molecule is CCCCCCCCCCCCCCCCCCCCCC(=O)OCC(CCC)CCC(C)C. The zero-order valence-corrected chi connectivity index (χ0v) is 24.1. The smallest absolute Gasteiger partial charge is 0.305 e. The van der Waals surface area contributed by atoms with Gasteiger partial charge in [-0.1, -0.05) is 156 Å². The first-order chi connectivity index (χ1) is 16.6. The zero-order chi connectivity index (χ0) is 25.1. The number of hydrogen-bond donors (Lipinski definition) is 0. The van der Waals surface area contributed by atoms with Gasteiger partial charge in [0.2, 0.25) is 0 Å². The molecule has 34 heavy (non-hydrogen) atoms. The lowest BCUT2D eigenvalue weighted by Crippen LogP contribution is -2.15. The lowest BCUT2D eigenvalue weighted by atomic mass is 9.95. The summed E-state index contributed by atoms with van der Waals surface area (Å²) >= 11 is 0. The number of esters is 1. The molecule has 0 saturated carbocycles. The van der Waals surface area contributed by atoms with Crippen molar-refractivity contribution in [3.63, 3.8) is 0 Å². The molecule has 0 rings (SSSR count). The van der Waals surface area contributed by atoms with Gasteiger partial charge in [-0.3, -0.25) is 4.79 Å².